The maximum atomic E-state index is 12.2. The van der Waals surface area contributed by atoms with E-state index >= 15 is 0 Å². The summed E-state index contributed by atoms with van der Waals surface area (Å²) >= 11 is 0. The lowest BCUT2D eigenvalue weighted by Gasteiger charge is -2.34. The number of nitrogens with one attached hydrogen (secondary N) is 3. The van der Waals surface area contributed by atoms with Crippen LogP contribution in [0, 0.1) is 0 Å². The van der Waals surface area contributed by atoms with Crippen LogP contribution in [0.25, 0.3) is 0 Å². The Kier molecular flexibility index (Phi) is 12.9. The van der Waals surface area contributed by atoms with E-state index in [4.69, 9.17) is 4.74 Å². The van der Waals surface area contributed by atoms with Crippen LogP contribution in [0.2, 0.25) is 0 Å². The van der Waals surface area contributed by atoms with E-state index in [0.717, 1.165) is 44.7 Å². The maximum absolute atomic E-state index is 12.2. The normalized spacial score (nSPS) is 12.1. The predicted octanol–water partition coefficient (Wildman–Crippen LogP) is 2.92. The third-order valence-corrected chi connectivity index (χ3v) is 4.54. The van der Waals surface area contributed by atoms with Crippen molar-refractivity contribution in [1.29, 1.82) is 0 Å². The van der Waals surface area contributed by atoms with Crippen LogP contribution < -0.4 is 16.0 Å². The average molecular weight is 523 g/mol. The summed E-state index contributed by atoms with van der Waals surface area (Å²) < 4.78 is 7.38. The Labute approximate surface area is 191 Å². The van der Waals surface area contributed by atoms with Crippen molar-refractivity contribution in [2.75, 3.05) is 20.1 Å². The van der Waals surface area contributed by atoms with Crippen molar-refractivity contribution in [2.24, 2.45) is 4.99 Å². The molecule has 1 amide bonds. The molecule has 0 unspecified atom stereocenters. The fourth-order valence-corrected chi connectivity index (χ4v) is 2.68. The van der Waals surface area contributed by atoms with E-state index in [1.54, 1.807) is 19.7 Å². The smallest absolute Gasteiger partial charge is 0.408 e. The Morgan fingerprint density at radius 2 is 1.72 bits per heavy atom. The van der Waals surface area contributed by atoms with E-state index in [-0.39, 0.29) is 24.0 Å². The molecule has 0 spiro atoms. The van der Waals surface area contributed by atoms with Gasteiger partial charge >= 0.3 is 6.09 Å². The number of hydrogen-bond donors (Lipinski definition) is 3. The lowest BCUT2D eigenvalue weighted by Crippen LogP contribution is -2.57. The summed E-state index contributed by atoms with van der Waals surface area (Å²) in [6.07, 6.45) is 6.64. The van der Waals surface area contributed by atoms with Crippen molar-refractivity contribution in [1.82, 2.24) is 30.7 Å². The second kappa shape index (κ2) is 13.6. The van der Waals surface area contributed by atoms with Crippen LogP contribution in [0.4, 0.5) is 4.79 Å². The topological polar surface area (TPSA) is 105 Å². The van der Waals surface area contributed by atoms with E-state index in [0.29, 0.717) is 6.54 Å². The number of aryl methyl sites for hydroxylation is 1. The number of alkyl carbamates (subject to hydrolysis) is 1. The first-order chi connectivity index (χ1) is 13.2. The van der Waals surface area contributed by atoms with Crippen molar-refractivity contribution in [3.63, 3.8) is 0 Å². The van der Waals surface area contributed by atoms with Gasteiger partial charge in [-0.2, -0.15) is 0 Å². The van der Waals surface area contributed by atoms with Crippen LogP contribution in [0.1, 0.15) is 60.3 Å². The molecule has 0 radical (unpaired) electrons. The van der Waals surface area contributed by atoms with Crippen molar-refractivity contribution >= 4 is 36.0 Å². The maximum Gasteiger partial charge on any atom is 0.408 e. The summed E-state index contributed by atoms with van der Waals surface area (Å²) in [7, 11) is 1.74. The molecule has 0 bridgehead atoms. The van der Waals surface area contributed by atoms with E-state index in [1.807, 2.05) is 25.3 Å². The van der Waals surface area contributed by atoms with E-state index in [1.165, 1.54) is 0 Å². The number of rotatable bonds is 10. The number of hydrogen-bond acceptors (Lipinski definition) is 5. The number of nitrogens with zero attached hydrogens (tertiary/aromatic N) is 4. The Morgan fingerprint density at radius 1 is 1.10 bits per heavy atom. The summed E-state index contributed by atoms with van der Waals surface area (Å²) in [4.78, 5) is 16.5. The third-order valence-electron chi connectivity index (χ3n) is 4.54. The summed E-state index contributed by atoms with van der Waals surface area (Å²) in [6.45, 7) is 12.0. The largest absolute Gasteiger partial charge is 0.444 e. The van der Waals surface area contributed by atoms with Gasteiger partial charge in [0.2, 0.25) is 0 Å². The summed E-state index contributed by atoms with van der Waals surface area (Å²) in [5.41, 5.74) is -0.913. The van der Waals surface area contributed by atoms with Crippen molar-refractivity contribution in [3.05, 3.63) is 12.7 Å². The highest BCUT2D eigenvalue weighted by Crippen LogP contribution is 2.16. The quantitative estimate of drug-likeness (QED) is 0.189. The SMILES string of the molecule is CCC(CC)(CNC(=NC)NCCCCn1cnnc1)NC(=O)OC(C)(C)C.I. The van der Waals surface area contributed by atoms with Gasteiger partial charge in [-0.05, 0) is 46.5 Å². The lowest BCUT2D eigenvalue weighted by atomic mass is 9.93. The summed E-state index contributed by atoms with van der Waals surface area (Å²) in [5, 5.41) is 17.3. The molecule has 0 aliphatic carbocycles. The zero-order valence-corrected chi connectivity index (χ0v) is 20.9. The van der Waals surface area contributed by atoms with Gasteiger partial charge in [0, 0.05) is 26.7 Å². The highest BCUT2D eigenvalue weighted by molar-refractivity contribution is 14.0. The standard InChI is InChI=1S/C19H37N7O2.HI/c1-7-19(8-2,25-17(27)28-18(3,4)5)13-22-16(20-6)21-11-9-10-12-26-14-23-24-15-26;/h14-15H,7-13H2,1-6H3,(H,25,27)(H2,20,21,22);1H. The molecule has 1 aromatic heterocycles. The second-order valence-electron chi connectivity index (χ2n) is 7.87. The predicted molar refractivity (Wildman–Crippen MR) is 127 cm³/mol. The lowest BCUT2D eigenvalue weighted by molar-refractivity contribution is 0.0448. The minimum Gasteiger partial charge on any atom is -0.444 e. The molecule has 168 valence electrons. The van der Waals surface area contributed by atoms with Gasteiger partial charge in [-0.25, -0.2) is 4.79 Å². The number of halogens is 1. The molecule has 1 aromatic rings. The molecule has 0 saturated carbocycles. The molecule has 0 aromatic carbocycles. The minimum atomic E-state index is -0.519. The number of guanidine groups is 1. The Morgan fingerprint density at radius 3 is 2.24 bits per heavy atom. The Hall–Kier alpha value is -1.59. The zero-order valence-electron chi connectivity index (χ0n) is 18.6. The van der Waals surface area contributed by atoms with Gasteiger partial charge in [0.15, 0.2) is 5.96 Å². The first-order valence-electron chi connectivity index (χ1n) is 10.0. The molecule has 0 atom stereocenters. The molecule has 0 saturated heterocycles. The van der Waals surface area contributed by atoms with Gasteiger partial charge < -0.3 is 25.3 Å². The van der Waals surface area contributed by atoms with Gasteiger partial charge in [0.05, 0.1) is 5.54 Å². The molecule has 0 fully saturated rings. The first-order valence-corrected chi connectivity index (χ1v) is 10.0. The van der Waals surface area contributed by atoms with Gasteiger partial charge in [0.1, 0.15) is 18.3 Å². The van der Waals surface area contributed by atoms with Crippen LogP contribution in [-0.4, -0.2) is 58.1 Å². The molecule has 1 heterocycles. The minimum absolute atomic E-state index is 0. The number of amides is 1. The van der Waals surface area contributed by atoms with Gasteiger partial charge in [-0.1, -0.05) is 13.8 Å². The highest BCUT2D eigenvalue weighted by atomic mass is 127. The average Bonchev–Trinajstić information content (AvgIpc) is 3.14. The third kappa shape index (κ3) is 11.2. The van der Waals surface area contributed by atoms with Crippen LogP contribution in [0.5, 0.6) is 0 Å². The molecule has 10 heteroatoms. The Bertz CT molecular complexity index is 596. The number of carbonyl (C=O) groups excluding carboxylic acids is 1. The van der Waals surface area contributed by atoms with Crippen molar-refractivity contribution in [2.45, 2.75) is 78.0 Å². The van der Waals surface area contributed by atoms with Gasteiger partial charge in [0.25, 0.3) is 0 Å². The fourth-order valence-electron chi connectivity index (χ4n) is 2.68. The molecule has 1 rings (SSSR count). The van der Waals surface area contributed by atoms with Crippen LogP contribution in [0.15, 0.2) is 17.6 Å². The molecule has 9 nitrogen and oxygen atoms in total. The Balaban J connectivity index is 0.00000784. The number of aromatic nitrogens is 3. The van der Waals surface area contributed by atoms with Crippen LogP contribution in [0.3, 0.4) is 0 Å². The summed E-state index contributed by atoms with van der Waals surface area (Å²) in [5.74, 6) is 0.724. The highest BCUT2D eigenvalue weighted by Gasteiger charge is 2.30. The van der Waals surface area contributed by atoms with Gasteiger partial charge in [-0.3, -0.25) is 4.99 Å². The number of aliphatic imine (C=N–C) groups is 1. The van der Waals surface area contributed by atoms with E-state index in [9.17, 15) is 4.79 Å². The van der Waals surface area contributed by atoms with Crippen LogP contribution >= 0.6 is 24.0 Å². The second-order valence-corrected chi connectivity index (χ2v) is 7.87. The van der Waals surface area contributed by atoms with Crippen LogP contribution in [-0.2, 0) is 11.3 Å². The molecule has 29 heavy (non-hydrogen) atoms. The number of unbranched alkanes of at least 4 members (excludes halogenated alkanes) is 1. The van der Waals surface area contributed by atoms with Crippen molar-refractivity contribution < 1.29 is 9.53 Å². The van der Waals surface area contributed by atoms with E-state index in [2.05, 4.69) is 45.0 Å². The fraction of sp³-hybridized carbons (Fsp3) is 0.789. The molecule has 3 N–H and O–H groups in total. The van der Waals surface area contributed by atoms with Gasteiger partial charge in [-0.15, -0.1) is 34.2 Å². The molecule has 0 aliphatic heterocycles. The molecular formula is C19H38IN7O2. The number of ether oxygens (including phenoxy) is 1. The monoisotopic (exact) mass is 523 g/mol. The van der Waals surface area contributed by atoms with Crippen molar-refractivity contribution in [3.8, 4) is 0 Å². The first kappa shape index (κ1) is 27.4. The zero-order chi connectivity index (χ0) is 21.0. The summed E-state index contributed by atoms with van der Waals surface area (Å²) in [6, 6.07) is 0. The number of carbonyl (C=O) groups is 1. The van der Waals surface area contributed by atoms with E-state index < -0.39 is 17.2 Å². The molecular weight excluding hydrogens is 485 g/mol. The molecule has 0 aliphatic rings.